The molecule has 0 radical (unpaired) electrons. The molecular formula is C18H15ClF4N4OS. The number of nitrogens with one attached hydrogen (secondary N) is 1. The lowest BCUT2D eigenvalue weighted by atomic mass is 10.1. The number of hydrogen-bond acceptors (Lipinski definition) is 4. The van der Waals surface area contributed by atoms with E-state index in [4.69, 9.17) is 11.6 Å². The van der Waals surface area contributed by atoms with Crippen molar-refractivity contribution in [2.24, 2.45) is 0 Å². The molecule has 1 N–H and O–H groups in total. The van der Waals surface area contributed by atoms with Crippen molar-refractivity contribution in [3.63, 3.8) is 0 Å². The Morgan fingerprint density at radius 3 is 2.48 bits per heavy atom. The Bertz CT molecular complexity index is 1040. The zero-order valence-electron chi connectivity index (χ0n) is 15.2. The van der Waals surface area contributed by atoms with Crippen molar-refractivity contribution in [3.8, 4) is 0 Å². The van der Waals surface area contributed by atoms with Crippen LogP contribution < -0.4 is 5.32 Å². The van der Waals surface area contributed by atoms with Gasteiger partial charge < -0.3 is 5.32 Å². The fraction of sp³-hybridized carbons (Fsp3) is 0.278. The molecule has 5 nitrogen and oxygen atoms in total. The highest BCUT2D eigenvalue weighted by Crippen LogP contribution is 2.34. The van der Waals surface area contributed by atoms with Gasteiger partial charge in [-0.2, -0.15) is 13.2 Å². The number of halogens is 5. The Balaban J connectivity index is 1.76. The van der Waals surface area contributed by atoms with Gasteiger partial charge in [-0.15, -0.1) is 10.2 Å². The molecule has 2 heterocycles. The summed E-state index contributed by atoms with van der Waals surface area (Å²) in [7, 11) is 0. The molecule has 154 valence electrons. The number of carbonyl (C=O) groups is 1. The van der Waals surface area contributed by atoms with Gasteiger partial charge in [0.2, 0.25) is 5.91 Å². The molecule has 0 aliphatic rings. The van der Waals surface area contributed by atoms with Gasteiger partial charge in [0, 0.05) is 6.20 Å². The van der Waals surface area contributed by atoms with Crippen LogP contribution in [0, 0.1) is 5.82 Å². The van der Waals surface area contributed by atoms with E-state index in [1.54, 1.807) is 26.0 Å². The fourth-order valence-electron chi connectivity index (χ4n) is 2.55. The number of rotatable bonds is 5. The minimum Gasteiger partial charge on any atom is -0.349 e. The van der Waals surface area contributed by atoms with Crippen LogP contribution in [0.1, 0.15) is 31.0 Å². The molecule has 0 bridgehead atoms. The lowest BCUT2D eigenvalue weighted by molar-refractivity contribution is -0.137. The Hall–Kier alpha value is -2.33. The number of hydrogen-bond donors (Lipinski definition) is 1. The predicted octanol–water partition coefficient (Wildman–Crippen LogP) is 4.90. The second-order valence-electron chi connectivity index (χ2n) is 6.29. The van der Waals surface area contributed by atoms with Crippen molar-refractivity contribution in [2.45, 2.75) is 36.5 Å². The summed E-state index contributed by atoms with van der Waals surface area (Å²) in [5.41, 5.74) is -0.167. The van der Waals surface area contributed by atoms with E-state index in [9.17, 15) is 22.4 Å². The van der Waals surface area contributed by atoms with Crippen LogP contribution in [0.4, 0.5) is 17.6 Å². The van der Waals surface area contributed by atoms with Crippen molar-refractivity contribution in [1.29, 1.82) is 0 Å². The van der Waals surface area contributed by atoms with E-state index in [2.05, 4.69) is 15.5 Å². The van der Waals surface area contributed by atoms with Gasteiger partial charge in [0.05, 0.1) is 21.9 Å². The first-order chi connectivity index (χ1) is 13.6. The molecule has 29 heavy (non-hydrogen) atoms. The van der Waals surface area contributed by atoms with E-state index in [1.807, 2.05) is 0 Å². The maximum absolute atomic E-state index is 13.0. The topological polar surface area (TPSA) is 59.3 Å². The first kappa shape index (κ1) is 21.4. The zero-order chi connectivity index (χ0) is 21.3. The average molecular weight is 447 g/mol. The van der Waals surface area contributed by atoms with E-state index in [0.717, 1.165) is 28.4 Å². The van der Waals surface area contributed by atoms with E-state index >= 15 is 0 Å². The summed E-state index contributed by atoms with van der Waals surface area (Å²) in [6.07, 6.45) is -3.74. The molecule has 2 aromatic heterocycles. The minimum absolute atomic E-state index is 0.0643. The Morgan fingerprint density at radius 1 is 1.21 bits per heavy atom. The van der Waals surface area contributed by atoms with Gasteiger partial charge in [-0.25, -0.2) is 4.39 Å². The highest BCUT2D eigenvalue weighted by atomic mass is 35.5. The number of fused-ring (bicyclic) bond motifs is 1. The molecule has 0 unspecified atom stereocenters. The van der Waals surface area contributed by atoms with Gasteiger partial charge in [0.1, 0.15) is 5.82 Å². The summed E-state index contributed by atoms with van der Waals surface area (Å²) < 4.78 is 53.3. The van der Waals surface area contributed by atoms with Gasteiger partial charge in [0.15, 0.2) is 10.8 Å². The van der Waals surface area contributed by atoms with Gasteiger partial charge in [-0.3, -0.25) is 9.20 Å². The molecule has 2 atom stereocenters. The highest BCUT2D eigenvalue weighted by Gasteiger charge is 2.32. The van der Waals surface area contributed by atoms with Crippen molar-refractivity contribution < 1.29 is 22.4 Å². The molecule has 0 fully saturated rings. The average Bonchev–Trinajstić information content (AvgIpc) is 3.05. The Labute approximate surface area is 172 Å². The minimum atomic E-state index is -4.59. The first-order valence-corrected chi connectivity index (χ1v) is 9.66. The van der Waals surface area contributed by atoms with Crippen LogP contribution in [-0.2, 0) is 11.0 Å². The van der Waals surface area contributed by atoms with Crippen molar-refractivity contribution in [2.75, 3.05) is 0 Å². The number of pyridine rings is 1. The van der Waals surface area contributed by atoms with E-state index < -0.39 is 17.0 Å². The number of nitrogens with zero attached hydrogens (tertiary/aromatic N) is 3. The van der Waals surface area contributed by atoms with Crippen LogP contribution >= 0.6 is 23.4 Å². The maximum atomic E-state index is 13.0. The van der Waals surface area contributed by atoms with Crippen LogP contribution in [0.15, 0.2) is 41.7 Å². The maximum Gasteiger partial charge on any atom is 0.417 e. The van der Waals surface area contributed by atoms with Crippen LogP contribution in [0.3, 0.4) is 0 Å². The van der Waals surface area contributed by atoms with Gasteiger partial charge in [-0.1, -0.05) is 35.5 Å². The molecule has 1 aromatic carbocycles. The van der Waals surface area contributed by atoms with E-state index in [-0.39, 0.29) is 33.6 Å². The lowest BCUT2D eigenvalue weighted by Crippen LogP contribution is -2.33. The third-order valence-electron chi connectivity index (χ3n) is 4.14. The molecule has 3 rings (SSSR count). The van der Waals surface area contributed by atoms with Crippen molar-refractivity contribution in [3.05, 3.63) is 58.5 Å². The predicted molar refractivity (Wildman–Crippen MR) is 101 cm³/mol. The summed E-state index contributed by atoms with van der Waals surface area (Å²) in [5, 5.41) is 9.65. The zero-order valence-corrected chi connectivity index (χ0v) is 16.7. The molecule has 1 amide bonds. The molecule has 11 heteroatoms. The van der Waals surface area contributed by atoms with Gasteiger partial charge in [-0.05, 0) is 37.6 Å². The normalized spacial score (nSPS) is 14.0. The number of thioether (sulfide) groups is 1. The first-order valence-electron chi connectivity index (χ1n) is 8.40. The highest BCUT2D eigenvalue weighted by molar-refractivity contribution is 8.00. The monoisotopic (exact) mass is 446 g/mol. The molecular weight excluding hydrogens is 432 g/mol. The number of carbonyl (C=O) groups excluding carboxylic acids is 1. The largest absolute Gasteiger partial charge is 0.417 e. The molecule has 0 saturated heterocycles. The van der Waals surface area contributed by atoms with E-state index in [0.29, 0.717) is 5.56 Å². The standard InChI is InChI=1S/C18H15ClF4N4OS/c1-9(11-3-5-13(20)6-4-11)24-16(28)10(2)29-17-26-25-15-14(19)7-12(8-27(15)17)18(21,22)23/h3-10H,1-2H3,(H,24,28)/t9-,10+/m1/s1. The third kappa shape index (κ3) is 4.81. The van der Waals surface area contributed by atoms with Gasteiger partial charge >= 0.3 is 6.18 Å². The molecule has 0 saturated carbocycles. The van der Waals surface area contributed by atoms with Crippen LogP contribution in [0.5, 0.6) is 0 Å². The summed E-state index contributed by atoms with van der Waals surface area (Å²) in [4.78, 5) is 12.5. The second kappa shape index (κ2) is 8.19. The summed E-state index contributed by atoms with van der Waals surface area (Å²) in [6, 6.07) is 6.10. The van der Waals surface area contributed by atoms with E-state index in [1.165, 1.54) is 12.1 Å². The quantitative estimate of drug-likeness (QED) is 0.447. The van der Waals surface area contributed by atoms with Crippen LogP contribution in [-0.4, -0.2) is 25.8 Å². The van der Waals surface area contributed by atoms with Crippen molar-refractivity contribution >= 4 is 34.9 Å². The number of benzene rings is 1. The number of alkyl halides is 3. The van der Waals surface area contributed by atoms with Crippen LogP contribution in [0.2, 0.25) is 5.02 Å². The third-order valence-corrected chi connectivity index (χ3v) is 5.47. The Morgan fingerprint density at radius 2 is 1.86 bits per heavy atom. The smallest absolute Gasteiger partial charge is 0.349 e. The molecule has 0 spiro atoms. The second-order valence-corrected chi connectivity index (χ2v) is 8.01. The SMILES string of the molecule is C[C@H](Sc1nnc2c(Cl)cc(C(F)(F)F)cn12)C(=O)N[C@H](C)c1ccc(F)cc1. The summed E-state index contributed by atoms with van der Waals surface area (Å²) >= 11 is 6.84. The molecule has 0 aliphatic heterocycles. The van der Waals surface area contributed by atoms with Crippen molar-refractivity contribution in [1.82, 2.24) is 19.9 Å². The summed E-state index contributed by atoms with van der Waals surface area (Å²) in [5.74, 6) is -0.742. The molecule has 0 aliphatic carbocycles. The number of aromatic nitrogens is 3. The van der Waals surface area contributed by atoms with Crippen LogP contribution in [0.25, 0.3) is 5.65 Å². The lowest BCUT2D eigenvalue weighted by Gasteiger charge is -2.17. The fourth-order valence-corrected chi connectivity index (χ4v) is 3.62. The van der Waals surface area contributed by atoms with Gasteiger partial charge in [0.25, 0.3) is 0 Å². The summed E-state index contributed by atoms with van der Waals surface area (Å²) in [6.45, 7) is 3.33. The number of amides is 1. The molecule has 3 aromatic rings. The Kier molecular flexibility index (Phi) is 6.04.